The molecule has 1 aromatic carbocycles. The number of nitrogens with zero attached hydrogens (tertiary/aromatic N) is 3. The number of rotatable bonds is 4. The number of morpholine rings is 1. The van der Waals surface area contributed by atoms with E-state index in [1.54, 1.807) is 36.0 Å². The molecule has 1 aliphatic rings. The van der Waals surface area contributed by atoms with E-state index in [4.69, 9.17) is 16.3 Å². The van der Waals surface area contributed by atoms with E-state index in [1.165, 1.54) is 4.31 Å². The molecule has 1 aromatic heterocycles. The topological polar surface area (TPSA) is 64.4 Å². The minimum atomic E-state index is -3.61. The van der Waals surface area contributed by atoms with Gasteiger partial charge in [-0.25, -0.2) is 8.42 Å². The predicted octanol–water partition coefficient (Wildman–Crippen LogP) is 2.63. The second kappa shape index (κ2) is 6.84. The van der Waals surface area contributed by atoms with Crippen molar-refractivity contribution < 1.29 is 13.2 Å². The normalized spacial score (nSPS) is 19.5. The van der Waals surface area contributed by atoms with E-state index in [9.17, 15) is 8.42 Å². The average Bonchev–Trinajstić information content (AvgIpc) is 3.06. The second-order valence-corrected chi connectivity index (χ2v) is 8.03. The fraction of sp³-hybridized carbons (Fsp3) is 0.438. The minimum absolute atomic E-state index is 0.250. The highest BCUT2D eigenvalue weighted by Crippen LogP contribution is 2.29. The molecule has 6 nitrogen and oxygen atoms in total. The highest BCUT2D eigenvalue weighted by Gasteiger charge is 2.33. The van der Waals surface area contributed by atoms with E-state index in [2.05, 4.69) is 5.10 Å². The molecule has 1 saturated heterocycles. The number of aryl methyl sites for hydroxylation is 1. The van der Waals surface area contributed by atoms with Gasteiger partial charge in [0.2, 0.25) is 10.0 Å². The van der Waals surface area contributed by atoms with Crippen LogP contribution in [0.5, 0.6) is 0 Å². The highest BCUT2D eigenvalue weighted by molar-refractivity contribution is 7.89. The van der Waals surface area contributed by atoms with Crippen molar-refractivity contribution >= 4 is 21.6 Å². The quantitative estimate of drug-likeness (QED) is 0.831. The highest BCUT2D eigenvalue weighted by atomic mass is 35.5. The Bertz CT molecular complexity index is 835. The monoisotopic (exact) mass is 369 g/mol. The molecule has 0 bridgehead atoms. The van der Waals surface area contributed by atoms with Gasteiger partial charge in [-0.05, 0) is 31.5 Å². The van der Waals surface area contributed by atoms with Crippen molar-refractivity contribution in [2.75, 3.05) is 19.7 Å². The largest absolute Gasteiger partial charge is 0.371 e. The maximum Gasteiger partial charge on any atom is 0.243 e. The van der Waals surface area contributed by atoms with Crippen LogP contribution in [0.1, 0.15) is 24.2 Å². The summed E-state index contributed by atoms with van der Waals surface area (Å²) in [4.78, 5) is 0.250. The van der Waals surface area contributed by atoms with E-state index in [0.29, 0.717) is 23.7 Å². The van der Waals surface area contributed by atoms with Crippen LogP contribution in [-0.4, -0.2) is 42.2 Å². The van der Waals surface area contributed by atoms with Crippen LogP contribution in [0.3, 0.4) is 0 Å². The third-order valence-corrected chi connectivity index (χ3v) is 6.63. The first-order chi connectivity index (χ1) is 11.4. The Labute approximate surface area is 147 Å². The summed E-state index contributed by atoms with van der Waals surface area (Å²) >= 11 is 6.08. The van der Waals surface area contributed by atoms with Gasteiger partial charge in [-0.2, -0.15) is 9.40 Å². The molecule has 1 unspecified atom stereocenters. The lowest BCUT2D eigenvalue weighted by molar-refractivity contribution is -0.00261. The number of hydrogen-bond donors (Lipinski definition) is 0. The Morgan fingerprint density at radius 2 is 2.21 bits per heavy atom. The zero-order valence-electron chi connectivity index (χ0n) is 13.6. The van der Waals surface area contributed by atoms with Gasteiger partial charge in [0, 0.05) is 36.4 Å². The first-order valence-electron chi connectivity index (χ1n) is 7.82. The SMILES string of the molecule is CCn1cc(C2CN(S(=O)(=O)c3cccc(Cl)c3C)CCO2)cn1. The third-order valence-electron chi connectivity index (χ3n) is 4.21. The standard InChI is InChI=1S/C16H20ClN3O3S/c1-3-19-10-13(9-18-19)15-11-20(7-8-23-15)24(21,22)16-6-4-5-14(17)12(16)2/h4-6,9-10,15H,3,7-8,11H2,1-2H3. The Morgan fingerprint density at radius 1 is 1.42 bits per heavy atom. The number of ether oxygens (including phenoxy) is 1. The van der Waals surface area contributed by atoms with Gasteiger partial charge in [0.1, 0.15) is 0 Å². The van der Waals surface area contributed by atoms with Crippen LogP contribution in [-0.2, 0) is 21.3 Å². The molecule has 0 N–H and O–H groups in total. The summed E-state index contributed by atoms with van der Waals surface area (Å²) < 4.78 is 35.0. The molecule has 2 heterocycles. The molecule has 2 aromatic rings. The van der Waals surface area contributed by atoms with Crippen molar-refractivity contribution in [1.82, 2.24) is 14.1 Å². The zero-order valence-corrected chi connectivity index (χ0v) is 15.2. The van der Waals surface area contributed by atoms with E-state index in [1.807, 2.05) is 13.1 Å². The van der Waals surface area contributed by atoms with E-state index in [-0.39, 0.29) is 17.5 Å². The molecule has 8 heteroatoms. The third kappa shape index (κ3) is 3.21. The van der Waals surface area contributed by atoms with Gasteiger partial charge in [0.25, 0.3) is 0 Å². The Kier molecular flexibility index (Phi) is 4.96. The number of sulfonamides is 1. The molecular formula is C16H20ClN3O3S. The lowest BCUT2D eigenvalue weighted by atomic mass is 10.2. The fourth-order valence-electron chi connectivity index (χ4n) is 2.77. The van der Waals surface area contributed by atoms with Crippen molar-refractivity contribution in [2.45, 2.75) is 31.4 Å². The van der Waals surface area contributed by atoms with Crippen LogP contribution in [0.2, 0.25) is 5.02 Å². The van der Waals surface area contributed by atoms with E-state index in [0.717, 1.165) is 12.1 Å². The smallest absolute Gasteiger partial charge is 0.243 e. The summed E-state index contributed by atoms with van der Waals surface area (Å²) in [7, 11) is -3.61. The summed E-state index contributed by atoms with van der Waals surface area (Å²) in [6.45, 7) is 5.42. The molecular weight excluding hydrogens is 350 g/mol. The maximum absolute atomic E-state index is 13.0. The van der Waals surface area contributed by atoms with Crippen molar-refractivity contribution in [3.63, 3.8) is 0 Å². The summed E-state index contributed by atoms with van der Waals surface area (Å²) in [6.07, 6.45) is 3.31. The molecule has 130 valence electrons. The first kappa shape index (κ1) is 17.4. The van der Waals surface area contributed by atoms with E-state index < -0.39 is 10.0 Å². The molecule has 1 atom stereocenters. The van der Waals surface area contributed by atoms with Gasteiger partial charge in [0.05, 0.1) is 23.8 Å². The Hall–Kier alpha value is -1.41. The molecule has 1 aliphatic heterocycles. The summed E-state index contributed by atoms with van der Waals surface area (Å²) in [6, 6.07) is 4.94. The molecule has 0 radical (unpaired) electrons. The number of halogens is 1. The predicted molar refractivity (Wildman–Crippen MR) is 91.5 cm³/mol. The van der Waals surface area contributed by atoms with Crippen molar-refractivity contribution in [2.24, 2.45) is 0 Å². The summed E-state index contributed by atoms with van der Waals surface area (Å²) in [5.41, 5.74) is 1.46. The van der Waals surface area contributed by atoms with Gasteiger partial charge in [0.15, 0.2) is 0 Å². The molecule has 1 fully saturated rings. The van der Waals surface area contributed by atoms with Gasteiger partial charge < -0.3 is 4.74 Å². The summed E-state index contributed by atoms with van der Waals surface area (Å²) in [5.74, 6) is 0. The molecule has 0 aliphatic carbocycles. The average molecular weight is 370 g/mol. The minimum Gasteiger partial charge on any atom is -0.371 e. The Morgan fingerprint density at radius 3 is 2.92 bits per heavy atom. The van der Waals surface area contributed by atoms with Crippen molar-refractivity contribution in [3.05, 3.63) is 46.7 Å². The lowest BCUT2D eigenvalue weighted by Gasteiger charge is -2.32. The van der Waals surface area contributed by atoms with Gasteiger partial charge in [-0.1, -0.05) is 17.7 Å². The molecule has 24 heavy (non-hydrogen) atoms. The zero-order chi connectivity index (χ0) is 17.3. The summed E-state index contributed by atoms with van der Waals surface area (Å²) in [5, 5.41) is 4.68. The van der Waals surface area contributed by atoms with Crippen LogP contribution in [0.15, 0.2) is 35.5 Å². The van der Waals surface area contributed by atoms with Gasteiger partial charge in [-0.3, -0.25) is 4.68 Å². The number of hydrogen-bond acceptors (Lipinski definition) is 4. The molecule has 3 rings (SSSR count). The van der Waals surface area contributed by atoms with E-state index >= 15 is 0 Å². The fourth-order valence-corrected chi connectivity index (χ4v) is 4.67. The van der Waals surface area contributed by atoms with Crippen LogP contribution in [0, 0.1) is 6.92 Å². The van der Waals surface area contributed by atoms with Crippen LogP contribution < -0.4 is 0 Å². The van der Waals surface area contributed by atoms with Crippen LogP contribution in [0.25, 0.3) is 0 Å². The number of aromatic nitrogens is 2. The van der Waals surface area contributed by atoms with Gasteiger partial charge in [-0.15, -0.1) is 0 Å². The first-order valence-corrected chi connectivity index (χ1v) is 9.64. The molecule has 0 saturated carbocycles. The molecule has 0 spiro atoms. The Balaban J connectivity index is 1.87. The number of benzene rings is 1. The van der Waals surface area contributed by atoms with Crippen molar-refractivity contribution in [3.8, 4) is 0 Å². The molecule has 0 amide bonds. The van der Waals surface area contributed by atoms with Gasteiger partial charge >= 0.3 is 0 Å². The second-order valence-electron chi connectivity index (χ2n) is 5.71. The van der Waals surface area contributed by atoms with Crippen molar-refractivity contribution in [1.29, 1.82) is 0 Å². The maximum atomic E-state index is 13.0. The van der Waals surface area contributed by atoms with Crippen LogP contribution in [0.4, 0.5) is 0 Å². The van der Waals surface area contributed by atoms with Crippen LogP contribution >= 0.6 is 11.6 Å². The lowest BCUT2D eigenvalue weighted by Crippen LogP contribution is -2.42.